The minimum atomic E-state index is -0.770. The van der Waals surface area contributed by atoms with Gasteiger partial charge in [0.2, 0.25) is 0 Å². The molecule has 0 aromatic rings. The van der Waals surface area contributed by atoms with E-state index in [0.29, 0.717) is 12.8 Å². The zero-order valence-electron chi connectivity index (χ0n) is 54.4. The number of ether oxygens (including phenoxy) is 2. The van der Waals surface area contributed by atoms with Gasteiger partial charge in [0.25, 0.3) is 0 Å². The van der Waals surface area contributed by atoms with Crippen LogP contribution < -0.4 is 0 Å². The first kappa shape index (κ1) is 78.1. The largest absolute Gasteiger partial charge is 0.462 e. The lowest BCUT2D eigenvalue weighted by Gasteiger charge is -2.15. The first-order chi connectivity index (χ1) is 39.6. The van der Waals surface area contributed by atoms with Crippen molar-refractivity contribution in [3.05, 3.63) is 36.5 Å². The summed E-state index contributed by atoms with van der Waals surface area (Å²) >= 11 is 0. The highest BCUT2D eigenvalue weighted by atomic mass is 16.6. The van der Waals surface area contributed by atoms with E-state index in [1.807, 2.05) is 0 Å². The number of allylic oxidation sites excluding steroid dienone is 6. The van der Waals surface area contributed by atoms with Crippen LogP contribution in [0.3, 0.4) is 0 Å². The summed E-state index contributed by atoms with van der Waals surface area (Å²) in [6, 6.07) is 0. The highest BCUT2D eigenvalue weighted by Crippen LogP contribution is 2.19. The molecule has 1 atom stereocenters. The van der Waals surface area contributed by atoms with Crippen molar-refractivity contribution in [2.75, 3.05) is 13.2 Å². The van der Waals surface area contributed by atoms with Crippen molar-refractivity contribution < 1.29 is 24.2 Å². The molecule has 0 aliphatic rings. The molecule has 0 aliphatic carbocycles. The van der Waals surface area contributed by atoms with Crippen LogP contribution in [0.5, 0.6) is 0 Å². The van der Waals surface area contributed by atoms with E-state index in [9.17, 15) is 14.7 Å². The standard InChI is InChI=1S/C75H142O5/c1-3-5-7-9-11-13-15-17-19-21-23-25-27-29-31-32-33-34-35-36-37-38-39-40-41-42-44-45-47-49-51-53-55-57-59-61-63-65-67-69-74(77)79-72-73(71-76)80-75(78)70-68-66-64-62-60-58-56-54-52-50-48-46-43-30-28-26-24-22-20-18-16-14-12-10-8-6-4-2/h16,18,21-24,73,76H,3-15,17,19-20,25-72H2,1-2H3/b18-16-,23-21-,24-22-. The normalized spacial score (nSPS) is 12.3. The van der Waals surface area contributed by atoms with Gasteiger partial charge in [-0.2, -0.15) is 0 Å². The summed E-state index contributed by atoms with van der Waals surface area (Å²) in [5.41, 5.74) is 0. The van der Waals surface area contributed by atoms with E-state index < -0.39 is 6.10 Å². The molecule has 0 saturated carbocycles. The lowest BCUT2D eigenvalue weighted by molar-refractivity contribution is -0.161. The molecule has 80 heavy (non-hydrogen) atoms. The number of carbonyl (C=O) groups is 2. The molecule has 0 aromatic heterocycles. The van der Waals surface area contributed by atoms with Gasteiger partial charge in [-0.15, -0.1) is 0 Å². The lowest BCUT2D eigenvalue weighted by atomic mass is 10.0. The van der Waals surface area contributed by atoms with Crippen molar-refractivity contribution >= 4 is 11.9 Å². The van der Waals surface area contributed by atoms with E-state index in [2.05, 4.69) is 50.3 Å². The van der Waals surface area contributed by atoms with E-state index in [4.69, 9.17) is 9.47 Å². The van der Waals surface area contributed by atoms with Crippen LogP contribution in [-0.4, -0.2) is 36.4 Å². The Labute approximate surface area is 501 Å². The van der Waals surface area contributed by atoms with E-state index >= 15 is 0 Å². The topological polar surface area (TPSA) is 72.8 Å². The fraction of sp³-hybridized carbons (Fsp3) is 0.893. The second-order valence-corrected chi connectivity index (χ2v) is 25.0. The van der Waals surface area contributed by atoms with Crippen molar-refractivity contribution in [1.29, 1.82) is 0 Å². The number of hydrogen-bond acceptors (Lipinski definition) is 5. The molecule has 0 aromatic carbocycles. The van der Waals surface area contributed by atoms with Crippen LogP contribution in [0.4, 0.5) is 0 Å². The third kappa shape index (κ3) is 68.6. The summed E-state index contributed by atoms with van der Waals surface area (Å²) in [4.78, 5) is 24.7. The van der Waals surface area contributed by atoms with Crippen LogP contribution in [0.2, 0.25) is 0 Å². The van der Waals surface area contributed by atoms with Gasteiger partial charge in [0, 0.05) is 12.8 Å². The van der Waals surface area contributed by atoms with Gasteiger partial charge in [-0.3, -0.25) is 9.59 Å². The van der Waals surface area contributed by atoms with Gasteiger partial charge in [-0.05, 0) is 70.6 Å². The summed E-state index contributed by atoms with van der Waals surface area (Å²) in [5.74, 6) is -0.566. The first-order valence-corrected chi connectivity index (χ1v) is 36.5. The molecule has 0 radical (unpaired) electrons. The molecule has 0 amide bonds. The number of esters is 2. The highest BCUT2D eigenvalue weighted by molar-refractivity contribution is 5.70. The predicted molar refractivity (Wildman–Crippen MR) is 353 cm³/mol. The van der Waals surface area contributed by atoms with Gasteiger partial charge in [0.1, 0.15) is 6.61 Å². The molecule has 0 rings (SSSR count). The SMILES string of the molecule is CCCCCCC/C=C\C/C=C\CCCCCCCCCCCCCCCCCC(=O)OC(CO)COC(=O)CCCCCCCCCCCCCCCCCCCCCCCCCCCCC/C=C\CCCCCCCCCC. The van der Waals surface area contributed by atoms with Crippen LogP contribution >= 0.6 is 0 Å². The Morgan fingerprint density at radius 1 is 0.287 bits per heavy atom. The molecule has 0 aliphatic heterocycles. The number of hydrogen-bond donors (Lipinski definition) is 1. The Balaban J connectivity index is 3.36. The van der Waals surface area contributed by atoms with Gasteiger partial charge in [0.15, 0.2) is 6.10 Å². The van der Waals surface area contributed by atoms with Gasteiger partial charge in [-0.25, -0.2) is 0 Å². The maximum atomic E-state index is 12.4. The molecule has 1 unspecified atom stereocenters. The van der Waals surface area contributed by atoms with Crippen molar-refractivity contribution in [3.8, 4) is 0 Å². The van der Waals surface area contributed by atoms with E-state index in [-0.39, 0.29) is 25.2 Å². The van der Waals surface area contributed by atoms with Gasteiger partial charge in [0.05, 0.1) is 6.61 Å². The summed E-state index contributed by atoms with van der Waals surface area (Å²) in [5, 5.41) is 9.70. The number of unbranched alkanes of at least 4 members (excludes halogenated alkanes) is 55. The fourth-order valence-corrected chi connectivity index (χ4v) is 11.4. The predicted octanol–water partition coefficient (Wildman–Crippen LogP) is 25.3. The summed E-state index contributed by atoms with van der Waals surface area (Å²) in [7, 11) is 0. The van der Waals surface area contributed by atoms with Crippen molar-refractivity contribution in [2.24, 2.45) is 0 Å². The molecular weight excluding hydrogens is 981 g/mol. The summed E-state index contributed by atoms with van der Waals surface area (Å²) in [6.45, 7) is 4.19. The van der Waals surface area contributed by atoms with Gasteiger partial charge in [-0.1, -0.05) is 365 Å². The molecular formula is C75H142O5. The van der Waals surface area contributed by atoms with Crippen LogP contribution in [0.25, 0.3) is 0 Å². The van der Waals surface area contributed by atoms with Crippen LogP contribution in [0.1, 0.15) is 412 Å². The van der Waals surface area contributed by atoms with Crippen molar-refractivity contribution in [3.63, 3.8) is 0 Å². The molecule has 0 fully saturated rings. The first-order valence-electron chi connectivity index (χ1n) is 36.5. The number of rotatable bonds is 69. The Morgan fingerprint density at radius 3 is 0.750 bits per heavy atom. The molecule has 1 N–H and O–H groups in total. The molecule has 472 valence electrons. The van der Waals surface area contributed by atoms with Crippen molar-refractivity contribution in [1.82, 2.24) is 0 Å². The smallest absolute Gasteiger partial charge is 0.306 e. The third-order valence-corrected chi connectivity index (χ3v) is 16.9. The average molecular weight is 1120 g/mol. The number of carbonyl (C=O) groups excluding carboxylic acids is 2. The van der Waals surface area contributed by atoms with Gasteiger partial charge >= 0.3 is 11.9 Å². The molecule has 5 nitrogen and oxygen atoms in total. The van der Waals surface area contributed by atoms with Crippen molar-refractivity contribution in [2.45, 2.75) is 418 Å². The molecule has 0 spiro atoms. The fourth-order valence-electron chi connectivity index (χ4n) is 11.4. The molecule has 0 bridgehead atoms. The van der Waals surface area contributed by atoms with E-state index in [0.717, 1.165) is 38.5 Å². The Morgan fingerprint density at radius 2 is 0.500 bits per heavy atom. The zero-order chi connectivity index (χ0) is 57.6. The Kier molecular flexibility index (Phi) is 69.7. The Hall–Kier alpha value is -1.88. The number of aliphatic hydroxyl groups excluding tert-OH is 1. The third-order valence-electron chi connectivity index (χ3n) is 16.9. The summed E-state index contributed by atoms with van der Waals surface area (Å²) < 4.78 is 10.8. The van der Waals surface area contributed by atoms with Crippen LogP contribution in [0.15, 0.2) is 36.5 Å². The monoisotopic (exact) mass is 1120 g/mol. The lowest BCUT2D eigenvalue weighted by Crippen LogP contribution is -2.28. The minimum absolute atomic E-state index is 0.0596. The minimum Gasteiger partial charge on any atom is -0.462 e. The van der Waals surface area contributed by atoms with Crippen LogP contribution in [-0.2, 0) is 19.1 Å². The number of aliphatic hydroxyl groups is 1. The summed E-state index contributed by atoms with van der Waals surface area (Å²) in [6.07, 6.45) is 94.9. The highest BCUT2D eigenvalue weighted by Gasteiger charge is 2.16. The second-order valence-electron chi connectivity index (χ2n) is 25.0. The maximum absolute atomic E-state index is 12.4. The quantitative estimate of drug-likeness (QED) is 0.0373. The van der Waals surface area contributed by atoms with E-state index in [1.165, 1.54) is 347 Å². The molecule has 5 heteroatoms. The average Bonchev–Trinajstić information content (AvgIpc) is 3.46. The van der Waals surface area contributed by atoms with E-state index in [1.54, 1.807) is 0 Å². The second kappa shape index (κ2) is 71.4. The Bertz CT molecular complexity index is 1270. The molecule has 0 saturated heterocycles. The maximum Gasteiger partial charge on any atom is 0.306 e. The zero-order valence-corrected chi connectivity index (χ0v) is 54.4. The van der Waals surface area contributed by atoms with Gasteiger partial charge < -0.3 is 14.6 Å². The molecule has 0 heterocycles. The van der Waals surface area contributed by atoms with Crippen LogP contribution in [0, 0.1) is 0 Å².